The molecule has 0 amide bonds. The molecule has 0 saturated carbocycles. The quantitative estimate of drug-likeness (QED) is 0.473. The number of carbonyl (C=O) groups excluding carboxylic acids is 1. The van der Waals surface area contributed by atoms with Crippen molar-refractivity contribution >= 4 is 11.7 Å². The van der Waals surface area contributed by atoms with Gasteiger partial charge in [0.05, 0.1) is 26.1 Å². The first-order chi connectivity index (χ1) is 7.70. The maximum Gasteiger partial charge on any atom is 0.342 e. The van der Waals surface area contributed by atoms with Gasteiger partial charge in [-0.1, -0.05) is 6.07 Å². The van der Waals surface area contributed by atoms with Crippen LogP contribution in [0.1, 0.15) is 16.8 Å². The second kappa shape index (κ2) is 5.95. The molecule has 0 aromatic heterocycles. The molecular weight excluding hydrogens is 213 g/mol. The van der Waals surface area contributed by atoms with E-state index in [2.05, 4.69) is 0 Å². The number of para-hydroxylation sites is 1. The van der Waals surface area contributed by atoms with E-state index in [1.165, 1.54) is 7.11 Å². The van der Waals surface area contributed by atoms with Crippen LogP contribution in [-0.4, -0.2) is 26.4 Å². The Morgan fingerprint density at radius 3 is 2.88 bits per heavy atom. The number of halogens is 1. The number of rotatable bonds is 5. The summed E-state index contributed by atoms with van der Waals surface area (Å²) in [5.74, 6) is -0.273. The van der Waals surface area contributed by atoms with Crippen LogP contribution < -0.4 is 10.5 Å². The van der Waals surface area contributed by atoms with Gasteiger partial charge in [0.2, 0.25) is 0 Å². The van der Waals surface area contributed by atoms with Crippen molar-refractivity contribution in [2.45, 2.75) is 6.42 Å². The van der Waals surface area contributed by atoms with Gasteiger partial charge in [0.15, 0.2) is 5.75 Å². The number of anilines is 1. The molecule has 0 spiro atoms. The van der Waals surface area contributed by atoms with E-state index < -0.39 is 12.6 Å². The zero-order chi connectivity index (χ0) is 12.0. The Kier molecular flexibility index (Phi) is 4.57. The fourth-order valence-corrected chi connectivity index (χ4v) is 1.24. The highest BCUT2D eigenvalue weighted by Crippen LogP contribution is 2.26. The Bertz CT molecular complexity index is 368. The first-order valence-corrected chi connectivity index (χ1v) is 4.86. The van der Waals surface area contributed by atoms with Crippen molar-refractivity contribution in [3.8, 4) is 5.75 Å². The third-order valence-electron chi connectivity index (χ3n) is 1.98. The summed E-state index contributed by atoms with van der Waals surface area (Å²) in [6, 6.07) is 4.80. The van der Waals surface area contributed by atoms with Gasteiger partial charge in [-0.2, -0.15) is 0 Å². The number of carbonyl (C=O) groups is 1. The molecule has 0 radical (unpaired) electrons. The first-order valence-electron chi connectivity index (χ1n) is 4.86. The third-order valence-corrected chi connectivity index (χ3v) is 1.98. The smallest absolute Gasteiger partial charge is 0.342 e. The monoisotopic (exact) mass is 227 g/mol. The highest BCUT2D eigenvalue weighted by Gasteiger charge is 2.15. The van der Waals surface area contributed by atoms with Crippen molar-refractivity contribution in [1.82, 2.24) is 0 Å². The van der Waals surface area contributed by atoms with E-state index in [-0.39, 0.29) is 24.3 Å². The summed E-state index contributed by atoms with van der Waals surface area (Å²) in [5.41, 5.74) is 6.25. The fourth-order valence-electron chi connectivity index (χ4n) is 1.24. The average Bonchev–Trinajstić information content (AvgIpc) is 2.29. The van der Waals surface area contributed by atoms with Crippen LogP contribution >= 0.6 is 0 Å². The van der Waals surface area contributed by atoms with Gasteiger partial charge >= 0.3 is 5.97 Å². The molecule has 0 aliphatic rings. The number of hydrogen-bond donors (Lipinski definition) is 1. The van der Waals surface area contributed by atoms with E-state index in [9.17, 15) is 9.18 Å². The van der Waals surface area contributed by atoms with E-state index in [1.54, 1.807) is 18.2 Å². The highest BCUT2D eigenvalue weighted by molar-refractivity contribution is 5.94. The van der Waals surface area contributed by atoms with Gasteiger partial charge in [-0.25, -0.2) is 4.79 Å². The summed E-state index contributed by atoms with van der Waals surface area (Å²) in [6.07, 6.45) is 0.191. The highest BCUT2D eigenvalue weighted by atomic mass is 19.1. The topological polar surface area (TPSA) is 61.5 Å². The summed E-state index contributed by atoms with van der Waals surface area (Å²) in [5, 5.41) is 0. The van der Waals surface area contributed by atoms with Crippen LogP contribution in [0.5, 0.6) is 5.75 Å². The fraction of sp³-hybridized carbons (Fsp3) is 0.364. The number of nitrogen functional groups attached to an aromatic ring is 1. The number of ether oxygens (including phenoxy) is 2. The van der Waals surface area contributed by atoms with E-state index in [4.69, 9.17) is 15.2 Å². The van der Waals surface area contributed by atoms with Gasteiger partial charge in [0.1, 0.15) is 5.56 Å². The lowest BCUT2D eigenvalue weighted by Gasteiger charge is -2.10. The second-order valence-electron chi connectivity index (χ2n) is 3.11. The molecule has 0 unspecified atom stereocenters. The van der Waals surface area contributed by atoms with Crippen molar-refractivity contribution in [2.24, 2.45) is 0 Å². The summed E-state index contributed by atoms with van der Waals surface area (Å²) >= 11 is 0. The molecule has 0 atom stereocenters. The van der Waals surface area contributed by atoms with Gasteiger partial charge < -0.3 is 15.2 Å². The largest absolute Gasteiger partial charge is 0.494 e. The van der Waals surface area contributed by atoms with E-state index >= 15 is 0 Å². The second-order valence-corrected chi connectivity index (χ2v) is 3.11. The minimum Gasteiger partial charge on any atom is -0.494 e. The molecule has 0 fully saturated rings. The lowest BCUT2D eigenvalue weighted by molar-refractivity contribution is 0.0490. The zero-order valence-electron chi connectivity index (χ0n) is 9.03. The maximum absolute atomic E-state index is 11.8. The molecule has 5 heteroatoms. The van der Waals surface area contributed by atoms with Gasteiger partial charge in [-0.05, 0) is 12.1 Å². The van der Waals surface area contributed by atoms with Gasteiger partial charge in [0.25, 0.3) is 0 Å². The first kappa shape index (κ1) is 12.3. The number of alkyl halides is 1. The van der Waals surface area contributed by atoms with E-state index in [0.29, 0.717) is 5.69 Å². The standard InChI is InChI=1S/C11H14FNO3/c1-15-10-8(4-2-5-9(10)13)11(14)16-7-3-6-12/h2,4-5H,3,6-7,13H2,1H3. The van der Waals surface area contributed by atoms with Crippen molar-refractivity contribution in [3.05, 3.63) is 23.8 Å². The van der Waals surface area contributed by atoms with Gasteiger partial charge in [-0.3, -0.25) is 4.39 Å². The van der Waals surface area contributed by atoms with Crippen LogP contribution in [-0.2, 0) is 4.74 Å². The molecule has 0 bridgehead atoms. The lowest BCUT2D eigenvalue weighted by atomic mass is 10.2. The van der Waals surface area contributed by atoms with Crippen LogP contribution in [0.3, 0.4) is 0 Å². The number of methoxy groups -OCH3 is 1. The molecule has 1 rings (SSSR count). The summed E-state index contributed by atoms with van der Waals surface area (Å²) in [7, 11) is 1.42. The Morgan fingerprint density at radius 2 is 2.25 bits per heavy atom. The molecule has 88 valence electrons. The van der Waals surface area contributed by atoms with Crippen LogP contribution in [0.4, 0.5) is 10.1 Å². The normalized spacial score (nSPS) is 9.88. The molecule has 0 aliphatic heterocycles. The van der Waals surface area contributed by atoms with Crippen LogP contribution in [0.2, 0.25) is 0 Å². The lowest BCUT2D eigenvalue weighted by Crippen LogP contribution is -2.09. The maximum atomic E-state index is 11.8. The molecule has 0 heterocycles. The Hall–Kier alpha value is -1.78. The Labute approximate surface area is 93.2 Å². The van der Waals surface area contributed by atoms with Crippen molar-refractivity contribution in [3.63, 3.8) is 0 Å². The molecule has 0 aliphatic carbocycles. The third kappa shape index (κ3) is 2.85. The number of esters is 1. The molecule has 0 saturated heterocycles. The molecule has 1 aromatic carbocycles. The van der Waals surface area contributed by atoms with Crippen LogP contribution in [0, 0.1) is 0 Å². The number of nitrogens with two attached hydrogens (primary N) is 1. The molecular formula is C11H14FNO3. The van der Waals surface area contributed by atoms with Gasteiger partial charge in [0, 0.05) is 6.42 Å². The van der Waals surface area contributed by atoms with Crippen LogP contribution in [0.15, 0.2) is 18.2 Å². The summed E-state index contributed by atoms with van der Waals surface area (Å²) in [6.45, 7) is -0.464. The van der Waals surface area contributed by atoms with Crippen LogP contribution in [0.25, 0.3) is 0 Å². The van der Waals surface area contributed by atoms with Crippen molar-refractivity contribution in [2.75, 3.05) is 26.1 Å². The summed E-state index contributed by atoms with van der Waals surface area (Å²) < 4.78 is 21.7. The average molecular weight is 227 g/mol. The predicted molar refractivity (Wildman–Crippen MR) is 58.3 cm³/mol. The summed E-state index contributed by atoms with van der Waals surface area (Å²) in [4.78, 5) is 11.6. The van der Waals surface area contributed by atoms with E-state index in [0.717, 1.165) is 0 Å². The van der Waals surface area contributed by atoms with E-state index in [1.807, 2.05) is 0 Å². The zero-order valence-corrected chi connectivity index (χ0v) is 9.03. The SMILES string of the molecule is COc1c(N)cccc1C(=O)OCCCF. The minimum atomic E-state index is -0.558. The predicted octanol–water partition coefficient (Wildman–Crippen LogP) is 1.79. The molecule has 16 heavy (non-hydrogen) atoms. The molecule has 4 nitrogen and oxygen atoms in total. The molecule has 1 aromatic rings. The Balaban J connectivity index is 2.78. The van der Waals surface area contributed by atoms with Crippen molar-refractivity contribution < 1.29 is 18.7 Å². The minimum absolute atomic E-state index is 0.0489. The number of hydrogen-bond acceptors (Lipinski definition) is 4. The van der Waals surface area contributed by atoms with Crippen molar-refractivity contribution in [1.29, 1.82) is 0 Å². The Morgan fingerprint density at radius 1 is 1.50 bits per heavy atom. The van der Waals surface area contributed by atoms with Gasteiger partial charge in [-0.15, -0.1) is 0 Å². The molecule has 2 N–H and O–H groups in total. The number of benzene rings is 1.